The van der Waals surface area contributed by atoms with Gasteiger partial charge in [-0.1, -0.05) is 13.8 Å². The van der Waals surface area contributed by atoms with E-state index in [2.05, 4.69) is 44.3 Å². The predicted molar refractivity (Wildman–Crippen MR) is 101 cm³/mol. The maximum atomic E-state index is 12.7. The summed E-state index contributed by atoms with van der Waals surface area (Å²) in [5, 5.41) is 15.3. The minimum absolute atomic E-state index is 0.229. The van der Waals surface area contributed by atoms with E-state index in [1.807, 2.05) is 30.8 Å². The van der Waals surface area contributed by atoms with E-state index < -0.39 is 0 Å². The molecule has 3 aromatic heterocycles. The van der Waals surface area contributed by atoms with Crippen LogP contribution < -0.4 is 5.32 Å². The molecule has 3 heterocycles. The molecule has 144 valence electrons. The van der Waals surface area contributed by atoms with Gasteiger partial charge in [0.1, 0.15) is 11.9 Å². The lowest BCUT2D eigenvalue weighted by molar-refractivity contribution is 0.0939. The highest BCUT2D eigenvalue weighted by molar-refractivity contribution is 5.99. The third-order valence-corrected chi connectivity index (χ3v) is 4.68. The molecule has 3 aromatic rings. The molecule has 27 heavy (non-hydrogen) atoms. The lowest BCUT2D eigenvalue weighted by Crippen LogP contribution is -2.28. The van der Waals surface area contributed by atoms with Crippen molar-refractivity contribution in [2.45, 2.75) is 46.8 Å². The molecule has 1 N–H and O–H groups in total. The third kappa shape index (κ3) is 3.97. The van der Waals surface area contributed by atoms with Crippen molar-refractivity contribution in [3.05, 3.63) is 41.9 Å². The van der Waals surface area contributed by atoms with Crippen LogP contribution in [-0.2, 0) is 13.1 Å². The Kier molecular flexibility index (Phi) is 5.80. The van der Waals surface area contributed by atoms with Gasteiger partial charge >= 0.3 is 0 Å². The molecule has 1 amide bonds. The fraction of sp³-hybridized carbons (Fsp3) is 0.500. The average Bonchev–Trinajstić information content (AvgIpc) is 3.32. The smallest absolute Gasteiger partial charge is 0.257 e. The lowest BCUT2D eigenvalue weighted by atomic mass is 10.2. The van der Waals surface area contributed by atoms with Crippen molar-refractivity contribution in [3.63, 3.8) is 0 Å². The number of hydrogen-bond donors (Lipinski definition) is 1. The standard InChI is InChI=1S/C18H26N8O/c1-5-24(6-2)10-14-8-19-17-15(9-21-26(17)11-14)18(27)22-13(4)16-23-20-12-25(16)7-3/h8-9,11-13H,5-7,10H2,1-4H3,(H,22,27). The zero-order chi connectivity index (χ0) is 19.4. The van der Waals surface area contributed by atoms with Gasteiger partial charge in [-0.15, -0.1) is 10.2 Å². The van der Waals surface area contributed by atoms with Gasteiger partial charge < -0.3 is 9.88 Å². The van der Waals surface area contributed by atoms with E-state index in [9.17, 15) is 4.79 Å². The second kappa shape index (κ2) is 8.26. The summed E-state index contributed by atoms with van der Waals surface area (Å²) in [7, 11) is 0. The average molecular weight is 370 g/mol. The Morgan fingerprint density at radius 1 is 1.26 bits per heavy atom. The highest BCUT2D eigenvalue weighted by atomic mass is 16.1. The molecule has 0 bridgehead atoms. The summed E-state index contributed by atoms with van der Waals surface area (Å²) >= 11 is 0. The minimum atomic E-state index is -0.267. The third-order valence-electron chi connectivity index (χ3n) is 4.68. The van der Waals surface area contributed by atoms with Crippen LogP contribution in [0.4, 0.5) is 0 Å². The van der Waals surface area contributed by atoms with Crippen LogP contribution in [0.25, 0.3) is 5.65 Å². The number of aryl methyl sites for hydroxylation is 1. The lowest BCUT2D eigenvalue weighted by Gasteiger charge is -2.17. The van der Waals surface area contributed by atoms with Crippen molar-refractivity contribution in [3.8, 4) is 0 Å². The molecular weight excluding hydrogens is 344 g/mol. The first-order valence-electron chi connectivity index (χ1n) is 9.30. The summed E-state index contributed by atoms with van der Waals surface area (Å²) < 4.78 is 3.56. The van der Waals surface area contributed by atoms with Gasteiger partial charge in [-0.3, -0.25) is 9.69 Å². The van der Waals surface area contributed by atoms with E-state index in [0.717, 1.165) is 37.6 Å². The van der Waals surface area contributed by atoms with E-state index in [-0.39, 0.29) is 11.9 Å². The summed E-state index contributed by atoms with van der Waals surface area (Å²) in [5.74, 6) is 0.490. The van der Waals surface area contributed by atoms with Crippen LogP contribution in [-0.4, -0.2) is 53.3 Å². The Labute approximate surface area is 158 Å². The van der Waals surface area contributed by atoms with Gasteiger partial charge in [0.05, 0.1) is 12.2 Å². The van der Waals surface area contributed by atoms with Crippen LogP contribution in [0.1, 0.15) is 55.5 Å². The number of carbonyl (C=O) groups is 1. The summed E-state index contributed by atoms with van der Waals surface area (Å²) in [6, 6.07) is -0.267. The number of amides is 1. The van der Waals surface area contributed by atoms with Crippen molar-refractivity contribution < 1.29 is 4.79 Å². The topological polar surface area (TPSA) is 93.2 Å². The zero-order valence-corrected chi connectivity index (χ0v) is 16.3. The molecule has 0 saturated heterocycles. The summed E-state index contributed by atoms with van der Waals surface area (Å²) in [6.07, 6.45) is 6.94. The first kappa shape index (κ1) is 19.0. The first-order chi connectivity index (χ1) is 13.1. The second-order valence-corrected chi connectivity index (χ2v) is 6.42. The largest absolute Gasteiger partial charge is 0.342 e. The quantitative estimate of drug-likeness (QED) is 0.648. The molecule has 0 aliphatic heterocycles. The van der Waals surface area contributed by atoms with E-state index in [1.165, 1.54) is 0 Å². The number of nitrogens with one attached hydrogen (secondary N) is 1. The fourth-order valence-electron chi connectivity index (χ4n) is 3.04. The summed E-state index contributed by atoms with van der Waals surface area (Å²) in [5.41, 5.74) is 2.05. The number of nitrogens with zero attached hydrogens (tertiary/aromatic N) is 7. The van der Waals surface area contributed by atoms with Crippen LogP contribution >= 0.6 is 0 Å². The SMILES string of the molecule is CCN(CC)Cc1cnc2c(C(=O)NC(C)c3nncn3CC)cnn2c1. The van der Waals surface area contributed by atoms with Crippen LogP contribution in [0.5, 0.6) is 0 Å². The molecule has 0 aliphatic rings. The number of aromatic nitrogens is 6. The maximum Gasteiger partial charge on any atom is 0.257 e. The van der Waals surface area contributed by atoms with Crippen molar-refractivity contribution in [1.82, 2.24) is 39.6 Å². The molecule has 1 atom stereocenters. The van der Waals surface area contributed by atoms with Gasteiger partial charge in [0, 0.05) is 31.0 Å². The van der Waals surface area contributed by atoms with Gasteiger partial charge in [-0.05, 0) is 26.9 Å². The van der Waals surface area contributed by atoms with E-state index >= 15 is 0 Å². The second-order valence-electron chi connectivity index (χ2n) is 6.42. The summed E-state index contributed by atoms with van der Waals surface area (Å²) in [4.78, 5) is 19.5. The van der Waals surface area contributed by atoms with E-state index in [0.29, 0.717) is 11.2 Å². The molecule has 0 radical (unpaired) electrons. The monoisotopic (exact) mass is 370 g/mol. The van der Waals surface area contributed by atoms with Crippen molar-refractivity contribution in [2.75, 3.05) is 13.1 Å². The molecule has 0 aliphatic carbocycles. The highest BCUT2D eigenvalue weighted by Gasteiger charge is 2.20. The van der Waals surface area contributed by atoms with E-state index in [4.69, 9.17) is 0 Å². The van der Waals surface area contributed by atoms with Gasteiger partial charge in [0.2, 0.25) is 0 Å². The maximum absolute atomic E-state index is 12.7. The van der Waals surface area contributed by atoms with Crippen LogP contribution in [0.2, 0.25) is 0 Å². The van der Waals surface area contributed by atoms with Crippen molar-refractivity contribution >= 4 is 11.6 Å². The molecule has 1 unspecified atom stereocenters. The van der Waals surface area contributed by atoms with Crippen LogP contribution in [0, 0.1) is 0 Å². The molecule has 0 saturated carbocycles. The van der Waals surface area contributed by atoms with E-state index in [1.54, 1.807) is 17.0 Å². The Balaban J connectivity index is 1.77. The van der Waals surface area contributed by atoms with Gasteiger partial charge in [0.15, 0.2) is 11.5 Å². The molecule has 0 aromatic carbocycles. The first-order valence-corrected chi connectivity index (χ1v) is 9.30. The number of carbonyl (C=O) groups excluding carboxylic acids is 1. The molecule has 0 spiro atoms. The van der Waals surface area contributed by atoms with Crippen molar-refractivity contribution in [1.29, 1.82) is 0 Å². The molecule has 0 fully saturated rings. The minimum Gasteiger partial charge on any atom is -0.342 e. The van der Waals surface area contributed by atoms with Crippen LogP contribution in [0.3, 0.4) is 0 Å². The molecule has 9 nitrogen and oxygen atoms in total. The Morgan fingerprint density at radius 3 is 2.74 bits per heavy atom. The van der Waals surface area contributed by atoms with Gasteiger partial charge in [-0.2, -0.15) is 5.10 Å². The van der Waals surface area contributed by atoms with Crippen molar-refractivity contribution in [2.24, 2.45) is 0 Å². The number of fused-ring (bicyclic) bond motifs is 1. The number of rotatable bonds is 8. The fourth-order valence-corrected chi connectivity index (χ4v) is 3.04. The molecule has 3 rings (SSSR count). The Morgan fingerprint density at radius 2 is 2.04 bits per heavy atom. The Hall–Kier alpha value is -2.81. The molecular formula is C18H26N8O. The van der Waals surface area contributed by atoms with Gasteiger partial charge in [0.25, 0.3) is 5.91 Å². The van der Waals surface area contributed by atoms with Crippen LogP contribution in [0.15, 0.2) is 24.9 Å². The van der Waals surface area contributed by atoms with Gasteiger partial charge in [-0.25, -0.2) is 9.50 Å². The zero-order valence-electron chi connectivity index (χ0n) is 16.3. The number of hydrogen-bond acceptors (Lipinski definition) is 6. The summed E-state index contributed by atoms with van der Waals surface area (Å²) in [6.45, 7) is 11.7. The Bertz CT molecular complexity index is 911. The molecule has 9 heteroatoms. The highest BCUT2D eigenvalue weighted by Crippen LogP contribution is 2.14. The predicted octanol–water partition coefficient (Wildman–Crippen LogP) is 1.67. The normalized spacial score (nSPS) is 12.6.